The minimum atomic E-state index is -1.63. The SMILES string of the molecule is CCC[C@@H]1CC[C@H]2[C@H](CO)[C@H]([C@@H](O)[C@](C)(O)[C@H]3CC[C@@]4(O)C5=CC(=O)[C@@H]6C[C@@H](O)[C@@H](O)C[C@]6(CCC6=CNC(N)C=C6)[C@H]5CC[C@]34C)O[C@@H]2CC1. The van der Waals surface area contributed by atoms with Crippen LogP contribution in [-0.2, 0) is 9.53 Å². The summed E-state index contributed by atoms with van der Waals surface area (Å²) in [6.07, 6.45) is 13.3. The third kappa shape index (κ3) is 6.03. The first-order valence-corrected chi connectivity index (χ1v) is 20.1. The van der Waals surface area contributed by atoms with Crippen LogP contribution in [0.4, 0.5) is 0 Å². The molecular weight excluding hydrogens is 648 g/mol. The zero-order valence-corrected chi connectivity index (χ0v) is 30.9. The molecule has 7 rings (SSSR count). The Morgan fingerprint density at radius 3 is 2.57 bits per heavy atom. The predicted octanol–water partition coefficient (Wildman–Crippen LogP) is 3.37. The Morgan fingerprint density at radius 1 is 1.10 bits per heavy atom. The first kappa shape index (κ1) is 37.7. The van der Waals surface area contributed by atoms with E-state index in [1.807, 2.05) is 25.3 Å². The maximum atomic E-state index is 14.1. The predicted molar refractivity (Wildman–Crippen MR) is 193 cm³/mol. The maximum Gasteiger partial charge on any atom is 0.159 e. The first-order valence-electron chi connectivity index (χ1n) is 20.1. The van der Waals surface area contributed by atoms with Gasteiger partial charge in [0.05, 0.1) is 41.8 Å². The van der Waals surface area contributed by atoms with Gasteiger partial charge >= 0.3 is 0 Å². The molecule has 0 aromatic rings. The van der Waals surface area contributed by atoms with Gasteiger partial charge in [0.25, 0.3) is 0 Å². The topological polar surface area (TPSA) is 186 Å². The van der Waals surface area contributed by atoms with Gasteiger partial charge in [-0.3, -0.25) is 4.79 Å². The lowest BCUT2D eigenvalue weighted by Gasteiger charge is -2.62. The molecule has 7 aliphatic rings. The number of aliphatic hydroxyl groups excluding tert-OH is 4. The fourth-order valence-corrected chi connectivity index (χ4v) is 13.0. The number of dihydropyridines is 1. The van der Waals surface area contributed by atoms with E-state index in [1.54, 1.807) is 13.0 Å². The number of allylic oxidation sites excluding steroid dienone is 3. The van der Waals surface area contributed by atoms with Crippen LogP contribution < -0.4 is 11.1 Å². The molecule has 0 radical (unpaired) electrons. The van der Waals surface area contributed by atoms with E-state index in [1.165, 1.54) is 6.42 Å². The summed E-state index contributed by atoms with van der Waals surface area (Å²) in [6.45, 7) is 5.79. The number of aliphatic hydroxyl groups is 6. The molecule has 4 saturated carbocycles. The van der Waals surface area contributed by atoms with E-state index in [-0.39, 0.29) is 55.3 Å². The average molecular weight is 713 g/mol. The van der Waals surface area contributed by atoms with Crippen molar-refractivity contribution in [3.63, 3.8) is 0 Å². The molecule has 9 N–H and O–H groups in total. The van der Waals surface area contributed by atoms with Crippen molar-refractivity contribution in [1.29, 1.82) is 0 Å². The quantitative estimate of drug-likeness (QED) is 0.176. The maximum absolute atomic E-state index is 14.1. The summed E-state index contributed by atoms with van der Waals surface area (Å²) in [6, 6.07) is 0. The number of ketones is 1. The Morgan fingerprint density at radius 2 is 1.86 bits per heavy atom. The second kappa shape index (κ2) is 13.9. The van der Waals surface area contributed by atoms with Gasteiger partial charge in [0.2, 0.25) is 0 Å². The van der Waals surface area contributed by atoms with Gasteiger partial charge in [-0.1, -0.05) is 39.2 Å². The van der Waals surface area contributed by atoms with Crippen LogP contribution in [0.2, 0.25) is 0 Å². The lowest BCUT2D eigenvalue weighted by Crippen LogP contribution is -2.64. The Balaban J connectivity index is 1.15. The Kier molecular flexibility index (Phi) is 10.3. The van der Waals surface area contributed by atoms with Crippen molar-refractivity contribution in [3.05, 3.63) is 35.6 Å². The highest BCUT2D eigenvalue weighted by Gasteiger charge is 2.70. The molecule has 16 atom stereocenters. The summed E-state index contributed by atoms with van der Waals surface area (Å²) < 4.78 is 6.60. The van der Waals surface area contributed by atoms with Crippen LogP contribution in [0.3, 0.4) is 0 Å². The van der Waals surface area contributed by atoms with Crippen LogP contribution in [0.25, 0.3) is 0 Å². The highest BCUT2D eigenvalue weighted by atomic mass is 16.5. The Bertz CT molecular complexity index is 1410. The van der Waals surface area contributed by atoms with E-state index in [4.69, 9.17) is 10.5 Å². The standard InChI is InChI=1S/C41H64N2O8/c1-4-5-23-6-9-25-26(22-44)36(51-33(25)10-7-23)37(48)39(3,49)34-14-17-41(50)28-18-30(45)29-19-31(46)32(47)20-40(29,27(28)13-15-38(34,41)2)16-12-24-8-11-35(42)43-21-24/h8,11,18,21,23,25-27,29,31-37,43-44,46-50H,4-7,9-10,12-17,19-20,22,42H2,1-3H3/t23-,25+,26+,27+,29+,31-,32+,33-,34+,35?,36-,37-,38-,39-,40-,41-/m1/s1. The molecular formula is C41H64N2O8. The molecule has 51 heavy (non-hydrogen) atoms. The second-order valence-corrected chi connectivity index (χ2v) is 18.2. The molecule has 0 spiro atoms. The van der Waals surface area contributed by atoms with Gasteiger partial charge in [-0.05, 0) is 130 Å². The van der Waals surface area contributed by atoms with Gasteiger partial charge < -0.3 is 46.4 Å². The number of nitrogens with two attached hydrogens (primary N) is 1. The summed E-state index contributed by atoms with van der Waals surface area (Å²) in [7, 11) is 0. The van der Waals surface area contributed by atoms with E-state index in [9.17, 15) is 35.4 Å². The smallest absolute Gasteiger partial charge is 0.159 e. The van der Waals surface area contributed by atoms with E-state index >= 15 is 0 Å². The van der Waals surface area contributed by atoms with Crippen molar-refractivity contribution in [3.8, 4) is 0 Å². The van der Waals surface area contributed by atoms with Crippen LogP contribution in [0.15, 0.2) is 35.6 Å². The number of hydrogen-bond acceptors (Lipinski definition) is 10. The molecule has 2 aliphatic heterocycles. The van der Waals surface area contributed by atoms with Crippen molar-refractivity contribution < 1.29 is 40.2 Å². The minimum absolute atomic E-state index is 0.0507. The number of rotatable bonds is 9. The molecule has 0 bridgehead atoms. The van der Waals surface area contributed by atoms with Gasteiger partial charge in [-0.25, -0.2) is 0 Å². The molecule has 2 heterocycles. The number of carbonyl (C=O) groups is 1. The number of carbonyl (C=O) groups excluding carboxylic acids is 1. The van der Waals surface area contributed by atoms with Crippen molar-refractivity contribution >= 4 is 5.78 Å². The second-order valence-electron chi connectivity index (χ2n) is 18.2. The molecule has 10 nitrogen and oxygen atoms in total. The third-order valence-corrected chi connectivity index (χ3v) is 15.8. The van der Waals surface area contributed by atoms with Crippen molar-refractivity contribution in [1.82, 2.24) is 5.32 Å². The molecule has 5 fully saturated rings. The number of nitrogens with one attached hydrogen (secondary N) is 1. The summed E-state index contributed by atoms with van der Waals surface area (Å²) in [5, 5.41) is 73.2. The molecule has 0 amide bonds. The largest absolute Gasteiger partial charge is 0.396 e. The summed E-state index contributed by atoms with van der Waals surface area (Å²) in [4.78, 5) is 14.1. The molecule has 286 valence electrons. The lowest BCUT2D eigenvalue weighted by molar-refractivity contribution is -0.200. The number of hydrogen-bond donors (Lipinski definition) is 8. The molecule has 0 aromatic carbocycles. The molecule has 0 aromatic heterocycles. The van der Waals surface area contributed by atoms with Crippen LogP contribution in [0.1, 0.15) is 111 Å². The molecule has 5 aliphatic carbocycles. The van der Waals surface area contributed by atoms with Crippen LogP contribution in [0, 0.1) is 46.3 Å². The fourth-order valence-electron chi connectivity index (χ4n) is 13.0. The lowest BCUT2D eigenvalue weighted by atomic mass is 9.44. The van der Waals surface area contributed by atoms with E-state index in [0.29, 0.717) is 50.0 Å². The first-order chi connectivity index (χ1) is 24.2. The van der Waals surface area contributed by atoms with Gasteiger partial charge in [-0.2, -0.15) is 0 Å². The van der Waals surface area contributed by atoms with Crippen molar-refractivity contribution in [2.75, 3.05) is 6.61 Å². The van der Waals surface area contributed by atoms with Gasteiger partial charge in [0, 0.05) is 30.1 Å². The zero-order chi connectivity index (χ0) is 36.5. The monoisotopic (exact) mass is 712 g/mol. The highest BCUT2D eigenvalue weighted by Crippen LogP contribution is 2.69. The van der Waals surface area contributed by atoms with E-state index in [2.05, 4.69) is 12.2 Å². The fraction of sp³-hybridized carbons (Fsp3) is 0.829. The van der Waals surface area contributed by atoms with Crippen molar-refractivity contribution in [2.24, 2.45) is 52.1 Å². The van der Waals surface area contributed by atoms with Gasteiger partial charge in [0.1, 0.15) is 6.10 Å². The van der Waals surface area contributed by atoms with E-state index in [0.717, 1.165) is 37.7 Å². The van der Waals surface area contributed by atoms with Gasteiger partial charge in [-0.15, -0.1) is 0 Å². The number of ether oxygens (including phenoxy) is 1. The number of fused-ring (bicyclic) bond motifs is 6. The van der Waals surface area contributed by atoms with Crippen LogP contribution in [0.5, 0.6) is 0 Å². The minimum Gasteiger partial charge on any atom is -0.396 e. The molecule has 1 unspecified atom stereocenters. The molecule has 10 heteroatoms. The Labute approximate surface area is 303 Å². The zero-order valence-electron chi connectivity index (χ0n) is 30.9. The highest BCUT2D eigenvalue weighted by molar-refractivity contribution is 5.95. The van der Waals surface area contributed by atoms with Crippen molar-refractivity contribution in [2.45, 2.75) is 159 Å². The van der Waals surface area contributed by atoms with Gasteiger partial charge in [0.15, 0.2) is 5.78 Å². The van der Waals surface area contributed by atoms with Crippen LogP contribution in [-0.4, -0.2) is 90.9 Å². The van der Waals surface area contributed by atoms with Crippen LogP contribution >= 0.6 is 0 Å². The summed E-state index contributed by atoms with van der Waals surface area (Å²) in [5.41, 5.74) is 3.19. The Hall–Kier alpha value is -1.63. The third-order valence-electron chi connectivity index (χ3n) is 15.8. The average Bonchev–Trinajstić information content (AvgIpc) is 3.52. The normalized spacial score (nSPS) is 48.2. The summed E-state index contributed by atoms with van der Waals surface area (Å²) in [5.74, 6) is -0.734. The summed E-state index contributed by atoms with van der Waals surface area (Å²) >= 11 is 0. The molecule has 1 saturated heterocycles. The van der Waals surface area contributed by atoms with E-state index < -0.39 is 58.3 Å².